The molecule has 1 fully saturated rings. The van der Waals surface area contributed by atoms with E-state index in [-0.39, 0.29) is 6.61 Å². The Bertz CT molecular complexity index is 532. The Labute approximate surface area is 125 Å². The van der Waals surface area contributed by atoms with Crippen molar-refractivity contribution in [2.75, 3.05) is 19.7 Å². The van der Waals surface area contributed by atoms with Gasteiger partial charge >= 0.3 is 0 Å². The fourth-order valence-electron chi connectivity index (χ4n) is 2.43. The molecule has 0 bridgehead atoms. The van der Waals surface area contributed by atoms with Crippen LogP contribution in [0.3, 0.4) is 0 Å². The van der Waals surface area contributed by atoms with Gasteiger partial charge in [-0.1, -0.05) is 26.0 Å². The molecule has 20 heavy (non-hydrogen) atoms. The van der Waals surface area contributed by atoms with Crippen molar-refractivity contribution in [2.45, 2.75) is 35.7 Å². The van der Waals surface area contributed by atoms with Gasteiger partial charge in [0.1, 0.15) is 0 Å². The van der Waals surface area contributed by atoms with Crippen molar-refractivity contribution in [1.29, 1.82) is 0 Å². The number of aliphatic hydroxyl groups excluding tert-OH is 1. The molecule has 0 aliphatic carbocycles. The summed E-state index contributed by atoms with van der Waals surface area (Å²) in [6, 6.07) is 6.82. The van der Waals surface area contributed by atoms with Crippen molar-refractivity contribution in [3.63, 3.8) is 0 Å². The van der Waals surface area contributed by atoms with Gasteiger partial charge in [0.15, 0.2) is 0 Å². The molecule has 1 aliphatic rings. The summed E-state index contributed by atoms with van der Waals surface area (Å²) in [5.41, 5.74) is 0.947. The lowest BCUT2D eigenvalue weighted by atomic mass is 10.2. The first-order chi connectivity index (χ1) is 9.43. The van der Waals surface area contributed by atoms with E-state index in [0.717, 1.165) is 5.56 Å². The van der Waals surface area contributed by atoms with Gasteiger partial charge in [0.25, 0.3) is 0 Å². The zero-order valence-corrected chi connectivity index (χ0v) is 13.5. The topological polar surface area (TPSA) is 57.6 Å². The number of benzene rings is 1. The molecule has 0 spiro atoms. The Hall–Kier alpha value is -0.560. The van der Waals surface area contributed by atoms with Crippen molar-refractivity contribution < 1.29 is 13.5 Å². The molecule has 1 N–H and O–H groups in total. The summed E-state index contributed by atoms with van der Waals surface area (Å²) in [5.74, 6) is 0. The minimum absolute atomic E-state index is 0.0739. The highest BCUT2D eigenvalue weighted by Gasteiger charge is 2.31. The second kappa shape index (κ2) is 6.47. The largest absolute Gasteiger partial charge is 0.396 e. The highest BCUT2D eigenvalue weighted by molar-refractivity contribution is 8.00. The number of hydrogen-bond acceptors (Lipinski definition) is 4. The van der Waals surface area contributed by atoms with Crippen LogP contribution in [0.5, 0.6) is 0 Å². The molecule has 6 heteroatoms. The van der Waals surface area contributed by atoms with Gasteiger partial charge in [-0.15, -0.1) is 0 Å². The molecule has 2 rings (SSSR count). The van der Waals surface area contributed by atoms with Crippen LogP contribution in [0, 0.1) is 0 Å². The van der Waals surface area contributed by atoms with Gasteiger partial charge in [0, 0.05) is 30.2 Å². The molecule has 0 saturated carbocycles. The predicted octanol–water partition coefficient (Wildman–Crippen LogP) is 1.74. The summed E-state index contributed by atoms with van der Waals surface area (Å²) >= 11 is 1.83. The molecule has 4 nitrogen and oxygen atoms in total. The molecular weight excluding hydrogens is 294 g/mol. The van der Waals surface area contributed by atoms with Crippen LogP contribution in [-0.4, -0.2) is 48.0 Å². The molecule has 112 valence electrons. The second-order valence-electron chi connectivity index (χ2n) is 5.20. The van der Waals surface area contributed by atoms with Crippen LogP contribution < -0.4 is 0 Å². The van der Waals surface area contributed by atoms with E-state index >= 15 is 0 Å². The van der Waals surface area contributed by atoms with Gasteiger partial charge < -0.3 is 5.11 Å². The van der Waals surface area contributed by atoms with Gasteiger partial charge in [-0.05, 0) is 24.1 Å². The van der Waals surface area contributed by atoms with E-state index in [1.807, 2.05) is 11.8 Å². The zero-order chi connectivity index (χ0) is 14.8. The summed E-state index contributed by atoms with van der Waals surface area (Å²) in [6.07, 6.45) is 0.550. The van der Waals surface area contributed by atoms with E-state index in [0.29, 0.717) is 34.9 Å². The van der Waals surface area contributed by atoms with Crippen molar-refractivity contribution in [2.24, 2.45) is 0 Å². The molecule has 1 heterocycles. The first kappa shape index (κ1) is 15.8. The van der Waals surface area contributed by atoms with Crippen molar-refractivity contribution in [1.82, 2.24) is 4.31 Å². The minimum atomic E-state index is -3.40. The third-order valence-corrected chi connectivity index (χ3v) is 6.42. The highest BCUT2D eigenvalue weighted by atomic mass is 32.2. The SMILES string of the molecule is CC1CN(S(=O)(=O)c2ccc(CCO)cc2)CC(C)S1. The molecule has 0 amide bonds. The smallest absolute Gasteiger partial charge is 0.243 e. The first-order valence-corrected chi connectivity index (χ1v) is 9.17. The maximum absolute atomic E-state index is 12.6. The monoisotopic (exact) mass is 315 g/mol. The van der Waals surface area contributed by atoms with Crippen molar-refractivity contribution in [3.05, 3.63) is 29.8 Å². The van der Waals surface area contributed by atoms with E-state index in [9.17, 15) is 8.42 Å². The van der Waals surface area contributed by atoms with Crippen LogP contribution >= 0.6 is 11.8 Å². The zero-order valence-electron chi connectivity index (χ0n) is 11.8. The average molecular weight is 315 g/mol. The average Bonchev–Trinajstić information content (AvgIpc) is 2.38. The minimum Gasteiger partial charge on any atom is -0.396 e. The number of hydrogen-bond donors (Lipinski definition) is 1. The van der Waals surface area contributed by atoms with Gasteiger partial charge in [-0.25, -0.2) is 8.42 Å². The van der Waals surface area contributed by atoms with Crippen LogP contribution in [-0.2, 0) is 16.4 Å². The quantitative estimate of drug-likeness (QED) is 0.919. The third-order valence-electron chi connectivity index (χ3n) is 3.35. The van der Waals surface area contributed by atoms with Crippen LogP contribution in [0.1, 0.15) is 19.4 Å². The Kier molecular flexibility index (Phi) is 5.12. The summed E-state index contributed by atoms with van der Waals surface area (Å²) in [6.45, 7) is 5.33. The van der Waals surface area contributed by atoms with Crippen LogP contribution in [0.2, 0.25) is 0 Å². The lowest BCUT2D eigenvalue weighted by Gasteiger charge is -2.33. The molecule has 0 radical (unpaired) electrons. The van der Waals surface area contributed by atoms with Crippen LogP contribution in [0.25, 0.3) is 0 Å². The van der Waals surface area contributed by atoms with E-state index < -0.39 is 10.0 Å². The van der Waals surface area contributed by atoms with Gasteiger partial charge in [-0.2, -0.15) is 16.1 Å². The Morgan fingerprint density at radius 1 is 1.20 bits per heavy atom. The maximum Gasteiger partial charge on any atom is 0.243 e. The maximum atomic E-state index is 12.6. The number of aliphatic hydroxyl groups is 1. The number of nitrogens with zero attached hydrogens (tertiary/aromatic N) is 1. The molecule has 1 saturated heterocycles. The Morgan fingerprint density at radius 3 is 2.25 bits per heavy atom. The van der Waals surface area contributed by atoms with E-state index in [2.05, 4.69) is 13.8 Å². The lowest BCUT2D eigenvalue weighted by molar-refractivity contribution is 0.299. The van der Waals surface area contributed by atoms with E-state index in [1.54, 1.807) is 28.6 Å². The van der Waals surface area contributed by atoms with E-state index in [1.165, 1.54) is 0 Å². The molecule has 2 atom stereocenters. The van der Waals surface area contributed by atoms with Gasteiger partial charge in [-0.3, -0.25) is 0 Å². The highest BCUT2D eigenvalue weighted by Crippen LogP contribution is 2.28. The summed E-state index contributed by atoms with van der Waals surface area (Å²) in [4.78, 5) is 0.338. The van der Waals surface area contributed by atoms with Crippen LogP contribution in [0.15, 0.2) is 29.2 Å². The second-order valence-corrected chi connectivity index (χ2v) is 9.02. The molecule has 2 unspecified atom stereocenters. The van der Waals surface area contributed by atoms with Crippen molar-refractivity contribution in [3.8, 4) is 0 Å². The predicted molar refractivity (Wildman–Crippen MR) is 82.5 cm³/mol. The fraction of sp³-hybridized carbons (Fsp3) is 0.571. The van der Waals surface area contributed by atoms with Gasteiger partial charge in [0.05, 0.1) is 4.90 Å². The first-order valence-electron chi connectivity index (χ1n) is 6.79. The normalized spacial score (nSPS) is 24.8. The van der Waals surface area contributed by atoms with Crippen LogP contribution in [0.4, 0.5) is 0 Å². The fourth-order valence-corrected chi connectivity index (χ4v) is 5.56. The number of sulfonamides is 1. The number of rotatable bonds is 4. The van der Waals surface area contributed by atoms with Crippen molar-refractivity contribution >= 4 is 21.8 Å². The number of thioether (sulfide) groups is 1. The molecule has 1 aliphatic heterocycles. The Balaban J connectivity index is 2.21. The summed E-state index contributed by atoms with van der Waals surface area (Å²) < 4.78 is 26.8. The third kappa shape index (κ3) is 3.55. The standard InChI is InChI=1S/C14H21NO3S2/c1-11-9-15(10-12(2)19-11)20(17,18)14-5-3-13(4-6-14)7-8-16/h3-6,11-12,16H,7-10H2,1-2H3. The van der Waals surface area contributed by atoms with E-state index in [4.69, 9.17) is 5.11 Å². The van der Waals surface area contributed by atoms with Gasteiger partial charge in [0.2, 0.25) is 10.0 Å². The lowest BCUT2D eigenvalue weighted by Crippen LogP contribution is -2.43. The summed E-state index contributed by atoms with van der Waals surface area (Å²) in [5, 5.41) is 9.53. The molecule has 0 aromatic heterocycles. The molecule has 1 aromatic carbocycles. The molecular formula is C14H21NO3S2. The summed E-state index contributed by atoms with van der Waals surface area (Å²) in [7, 11) is -3.40. The Morgan fingerprint density at radius 2 is 1.75 bits per heavy atom. The molecule has 1 aromatic rings.